The van der Waals surface area contributed by atoms with Gasteiger partial charge in [0.25, 0.3) is 5.19 Å². The Kier molecular flexibility index (Phi) is 6.10. The minimum absolute atomic E-state index is 0.0222. The van der Waals surface area contributed by atoms with E-state index < -0.39 is 0 Å². The number of hydrogen-bond donors (Lipinski definition) is 0. The Labute approximate surface area is 200 Å². The number of hydrogen-bond acceptors (Lipinski definition) is 6. The number of aryl methyl sites for hydroxylation is 1. The van der Waals surface area contributed by atoms with Gasteiger partial charge in [-0.15, -0.1) is 5.10 Å². The third kappa shape index (κ3) is 4.43. The third-order valence-electron chi connectivity index (χ3n) is 5.92. The summed E-state index contributed by atoms with van der Waals surface area (Å²) in [6, 6.07) is 14.4. The van der Waals surface area contributed by atoms with E-state index in [9.17, 15) is 9.18 Å². The lowest BCUT2D eigenvalue weighted by Gasteiger charge is -2.20. The number of nitrogens with zero attached hydrogens (tertiary/aromatic N) is 5. The Hall–Kier alpha value is -3.59. The lowest BCUT2D eigenvalue weighted by atomic mass is 10.1. The molecule has 0 fully saturated rings. The molecule has 0 spiro atoms. The van der Waals surface area contributed by atoms with Gasteiger partial charge < -0.3 is 9.64 Å². The summed E-state index contributed by atoms with van der Waals surface area (Å²) in [5.41, 5.74) is 3.11. The van der Waals surface area contributed by atoms with Gasteiger partial charge in [0.15, 0.2) is 11.6 Å². The molecular formula is C25H24FN5O2S. The van der Waals surface area contributed by atoms with Gasteiger partial charge >= 0.3 is 0 Å². The molecular weight excluding hydrogens is 453 g/mol. The van der Waals surface area contributed by atoms with Gasteiger partial charge in [0.05, 0.1) is 12.8 Å². The van der Waals surface area contributed by atoms with Gasteiger partial charge in [-0.05, 0) is 30.7 Å². The van der Waals surface area contributed by atoms with Crippen molar-refractivity contribution in [2.45, 2.75) is 26.3 Å². The van der Waals surface area contributed by atoms with E-state index in [-0.39, 0.29) is 18.3 Å². The molecule has 1 aliphatic rings. The number of methoxy groups -OCH3 is 1. The van der Waals surface area contributed by atoms with Gasteiger partial charge in [0.1, 0.15) is 12.4 Å². The highest BCUT2D eigenvalue weighted by Crippen LogP contribution is 2.28. The fourth-order valence-electron chi connectivity index (χ4n) is 4.06. The summed E-state index contributed by atoms with van der Waals surface area (Å²) in [5.74, 6) is 0.768. The van der Waals surface area contributed by atoms with Crippen molar-refractivity contribution < 1.29 is 13.9 Å². The molecule has 7 nitrogen and oxygen atoms in total. The smallest absolute Gasteiger partial charge is 0.273 e. The Bertz CT molecular complexity index is 1310. The molecule has 2 aromatic carbocycles. The summed E-state index contributed by atoms with van der Waals surface area (Å²) in [7, 11) is 1.62. The topological polar surface area (TPSA) is 73.1 Å². The van der Waals surface area contributed by atoms with E-state index in [4.69, 9.17) is 9.72 Å². The van der Waals surface area contributed by atoms with Crippen molar-refractivity contribution in [2.24, 2.45) is 0 Å². The maximum absolute atomic E-state index is 13.8. The number of ether oxygens (including phenoxy) is 1. The number of benzene rings is 2. The zero-order chi connectivity index (χ0) is 23.7. The van der Waals surface area contributed by atoms with E-state index in [1.165, 1.54) is 10.9 Å². The second-order valence-electron chi connectivity index (χ2n) is 8.18. The van der Waals surface area contributed by atoms with Crippen molar-refractivity contribution in [3.05, 3.63) is 70.5 Å². The zero-order valence-electron chi connectivity index (χ0n) is 19.0. The van der Waals surface area contributed by atoms with Gasteiger partial charge in [-0.1, -0.05) is 41.7 Å². The van der Waals surface area contributed by atoms with Crippen LogP contribution < -0.4 is 4.74 Å². The van der Waals surface area contributed by atoms with E-state index in [2.05, 4.69) is 10.1 Å². The maximum atomic E-state index is 13.8. The lowest BCUT2D eigenvalue weighted by molar-refractivity contribution is -0.131. The predicted molar refractivity (Wildman–Crippen MR) is 128 cm³/mol. The highest BCUT2D eigenvalue weighted by atomic mass is 32.1. The van der Waals surface area contributed by atoms with Crippen molar-refractivity contribution in [3.8, 4) is 28.0 Å². The summed E-state index contributed by atoms with van der Waals surface area (Å²) in [6.45, 7) is 3.00. The molecule has 1 amide bonds. The Morgan fingerprint density at radius 2 is 1.88 bits per heavy atom. The molecule has 0 saturated heterocycles. The van der Waals surface area contributed by atoms with E-state index in [1.54, 1.807) is 42.2 Å². The molecule has 5 rings (SSSR count). The third-order valence-corrected chi connectivity index (χ3v) is 7.04. The van der Waals surface area contributed by atoms with Gasteiger partial charge in [-0.25, -0.2) is 19.0 Å². The highest BCUT2D eigenvalue weighted by Gasteiger charge is 2.24. The quantitative estimate of drug-likeness (QED) is 0.432. The van der Waals surface area contributed by atoms with Crippen LogP contribution in [0, 0.1) is 12.7 Å². The van der Waals surface area contributed by atoms with E-state index in [1.807, 2.05) is 35.2 Å². The van der Waals surface area contributed by atoms with Crippen LogP contribution in [0.3, 0.4) is 0 Å². The molecule has 0 aliphatic carbocycles. The monoisotopic (exact) mass is 477 g/mol. The van der Waals surface area contributed by atoms with E-state index >= 15 is 0 Å². The number of carbonyl (C=O) groups is 1. The van der Waals surface area contributed by atoms with Crippen molar-refractivity contribution in [1.82, 2.24) is 24.6 Å². The maximum Gasteiger partial charge on any atom is 0.273 e. The first-order valence-electron chi connectivity index (χ1n) is 11.1. The van der Waals surface area contributed by atoms with Gasteiger partial charge in [0.2, 0.25) is 5.91 Å². The summed E-state index contributed by atoms with van der Waals surface area (Å²) >= 11 is 1.54. The Balaban J connectivity index is 1.41. The molecule has 174 valence electrons. The van der Waals surface area contributed by atoms with Gasteiger partial charge in [0, 0.05) is 41.9 Å². The van der Waals surface area contributed by atoms with Crippen molar-refractivity contribution in [1.29, 1.82) is 0 Å². The molecule has 0 atom stereocenters. The molecule has 0 saturated carbocycles. The normalized spacial score (nSPS) is 13.4. The minimum atomic E-state index is -0.275. The first kappa shape index (κ1) is 22.2. The van der Waals surface area contributed by atoms with Crippen LogP contribution >= 0.6 is 11.3 Å². The number of rotatable bonds is 5. The molecule has 1 aliphatic heterocycles. The molecule has 0 unspecified atom stereocenters. The second-order valence-corrected chi connectivity index (χ2v) is 9.23. The number of halogens is 1. The molecule has 2 aromatic heterocycles. The summed E-state index contributed by atoms with van der Waals surface area (Å²) < 4.78 is 20.7. The summed E-state index contributed by atoms with van der Waals surface area (Å²) in [5, 5.41) is 5.32. The van der Waals surface area contributed by atoms with Crippen LogP contribution in [-0.2, 0) is 24.2 Å². The summed E-state index contributed by atoms with van der Waals surface area (Å²) in [6.07, 6.45) is 1.45. The number of amides is 1. The van der Waals surface area contributed by atoms with Crippen LogP contribution in [0.5, 0.6) is 5.19 Å². The number of aromatic nitrogens is 4. The average Bonchev–Trinajstić information content (AvgIpc) is 3.40. The Morgan fingerprint density at radius 3 is 2.65 bits per heavy atom. The highest BCUT2D eigenvalue weighted by molar-refractivity contribution is 7.13. The summed E-state index contributed by atoms with van der Waals surface area (Å²) in [4.78, 5) is 25.6. The van der Waals surface area contributed by atoms with Crippen LogP contribution in [-0.4, -0.2) is 50.8 Å². The van der Waals surface area contributed by atoms with E-state index in [0.717, 1.165) is 17.7 Å². The van der Waals surface area contributed by atoms with Crippen LogP contribution in [0.15, 0.2) is 48.5 Å². The van der Waals surface area contributed by atoms with Crippen LogP contribution in [0.25, 0.3) is 22.8 Å². The van der Waals surface area contributed by atoms with Crippen LogP contribution in [0.2, 0.25) is 0 Å². The van der Waals surface area contributed by atoms with Crippen LogP contribution in [0.4, 0.5) is 4.39 Å². The lowest BCUT2D eigenvalue weighted by Crippen LogP contribution is -2.36. The molecule has 9 heteroatoms. The van der Waals surface area contributed by atoms with E-state index in [0.29, 0.717) is 47.5 Å². The first-order chi connectivity index (χ1) is 16.5. The standard InChI is InChI=1S/C25H24FN5O2S/c1-16-14-18(8-9-19(16)26)23-28-24(17-6-4-3-5-7-17)31(29-23)15-22(32)30-12-10-20-21(11-13-30)34-25(27-20)33-2/h3-9,14H,10-13,15H2,1-2H3. The number of fused-ring (bicyclic) bond motifs is 1. The largest absolute Gasteiger partial charge is 0.473 e. The molecule has 3 heterocycles. The van der Waals surface area contributed by atoms with Crippen LogP contribution in [0.1, 0.15) is 16.1 Å². The van der Waals surface area contributed by atoms with Crippen molar-refractivity contribution in [3.63, 3.8) is 0 Å². The minimum Gasteiger partial charge on any atom is -0.473 e. The first-order valence-corrected chi connectivity index (χ1v) is 11.9. The molecule has 34 heavy (non-hydrogen) atoms. The number of carbonyl (C=O) groups excluding carboxylic acids is 1. The van der Waals surface area contributed by atoms with Gasteiger partial charge in [-0.2, -0.15) is 0 Å². The Morgan fingerprint density at radius 1 is 1.09 bits per heavy atom. The van der Waals surface area contributed by atoms with Crippen molar-refractivity contribution in [2.75, 3.05) is 20.2 Å². The molecule has 0 N–H and O–H groups in total. The molecule has 0 radical (unpaired) electrons. The fourth-order valence-corrected chi connectivity index (χ4v) is 4.97. The SMILES string of the molecule is COc1nc2c(s1)CCN(C(=O)Cn1nc(-c3ccc(F)c(C)c3)nc1-c1ccccc1)CC2. The van der Waals surface area contributed by atoms with Gasteiger partial charge in [-0.3, -0.25) is 4.79 Å². The zero-order valence-corrected chi connectivity index (χ0v) is 19.8. The second kappa shape index (κ2) is 9.34. The average molecular weight is 478 g/mol. The van der Waals surface area contributed by atoms with Crippen molar-refractivity contribution >= 4 is 17.2 Å². The molecule has 4 aromatic rings. The molecule has 0 bridgehead atoms. The predicted octanol–water partition coefficient (Wildman–Crippen LogP) is 4.15. The number of thiazole rings is 1. The fraction of sp³-hybridized carbons (Fsp3) is 0.280.